The highest BCUT2D eigenvalue weighted by molar-refractivity contribution is 6.31. The van der Waals surface area contributed by atoms with Gasteiger partial charge in [0.2, 0.25) is 5.91 Å². The lowest BCUT2D eigenvalue weighted by Gasteiger charge is -2.30. The molecule has 0 saturated carbocycles. The minimum atomic E-state index is -0.238. The van der Waals surface area contributed by atoms with E-state index in [1.165, 1.54) is 37.9 Å². The van der Waals surface area contributed by atoms with Crippen LogP contribution in [-0.2, 0) is 4.79 Å². The maximum absolute atomic E-state index is 13.9. The molecule has 0 spiro atoms. The zero-order chi connectivity index (χ0) is 29.3. The molecule has 224 valence electrons. The Morgan fingerprint density at radius 3 is 2.55 bits per heavy atom. The van der Waals surface area contributed by atoms with Gasteiger partial charge in [-0.2, -0.15) is 0 Å². The van der Waals surface area contributed by atoms with E-state index >= 15 is 0 Å². The van der Waals surface area contributed by atoms with Crippen molar-refractivity contribution in [2.45, 2.75) is 69.9 Å². The molecule has 7 heteroatoms. The van der Waals surface area contributed by atoms with E-state index in [4.69, 9.17) is 11.6 Å². The van der Waals surface area contributed by atoms with Crippen LogP contribution in [0.3, 0.4) is 0 Å². The van der Waals surface area contributed by atoms with Crippen molar-refractivity contribution in [3.05, 3.63) is 82.9 Å². The molecule has 5 rings (SSSR count). The molecule has 2 amide bonds. The smallest absolute Gasteiger partial charge is 0.251 e. The summed E-state index contributed by atoms with van der Waals surface area (Å²) in [5.74, 6) is 0.408. The summed E-state index contributed by atoms with van der Waals surface area (Å²) in [6.07, 6.45) is 7.47. The molecule has 0 aromatic heterocycles. The number of halogens is 1. The van der Waals surface area contributed by atoms with E-state index in [9.17, 15) is 9.59 Å². The van der Waals surface area contributed by atoms with Crippen LogP contribution in [0.25, 0.3) is 10.8 Å². The molecule has 2 saturated heterocycles. The largest absolute Gasteiger partial charge is 0.350 e. The normalized spacial score (nSPS) is 20.8. The van der Waals surface area contributed by atoms with Crippen molar-refractivity contribution in [1.29, 1.82) is 0 Å². The van der Waals surface area contributed by atoms with Crippen LogP contribution in [-0.4, -0.2) is 73.0 Å². The molecule has 2 aliphatic rings. The lowest BCUT2D eigenvalue weighted by molar-refractivity contribution is -0.133. The second kappa shape index (κ2) is 15.0. The highest BCUT2D eigenvalue weighted by atomic mass is 35.5. The van der Waals surface area contributed by atoms with Gasteiger partial charge in [0, 0.05) is 42.2 Å². The van der Waals surface area contributed by atoms with E-state index in [1.54, 1.807) is 0 Å². The number of likely N-dealkylation sites (tertiary alicyclic amines) is 1. The topological polar surface area (TPSA) is 64.7 Å². The van der Waals surface area contributed by atoms with E-state index in [0.29, 0.717) is 29.6 Å². The van der Waals surface area contributed by atoms with Crippen LogP contribution >= 0.6 is 11.6 Å². The first-order chi connectivity index (χ1) is 20.5. The third kappa shape index (κ3) is 8.12. The van der Waals surface area contributed by atoms with Crippen molar-refractivity contribution >= 4 is 34.2 Å². The molecule has 2 N–H and O–H groups in total. The average molecular weight is 589 g/mol. The Bertz CT molecular complexity index is 1330. The van der Waals surface area contributed by atoms with Gasteiger partial charge in [-0.25, -0.2) is 0 Å². The van der Waals surface area contributed by atoms with Gasteiger partial charge in [0.25, 0.3) is 5.91 Å². The summed E-state index contributed by atoms with van der Waals surface area (Å²) < 4.78 is 0. The van der Waals surface area contributed by atoms with Crippen LogP contribution in [0.4, 0.5) is 0 Å². The maximum Gasteiger partial charge on any atom is 0.251 e. The molecule has 3 aromatic carbocycles. The molecular weight excluding hydrogens is 544 g/mol. The fourth-order valence-electron chi connectivity index (χ4n) is 6.47. The van der Waals surface area contributed by atoms with Gasteiger partial charge in [-0.1, -0.05) is 67.4 Å². The van der Waals surface area contributed by atoms with E-state index in [1.807, 2.05) is 42.5 Å². The lowest BCUT2D eigenvalue weighted by atomic mass is 9.95. The Hall–Kier alpha value is -2.93. The SMILES string of the molecule is CCC(CN1CC[C@@H](CNC(=O)c2ccc3cc(Cl)ccc3c2)N[C@@H](CCCN2CCCCC2)C1=O)c1ccccc1. The predicted molar refractivity (Wildman–Crippen MR) is 172 cm³/mol. The number of hydrogen-bond acceptors (Lipinski definition) is 4. The van der Waals surface area contributed by atoms with Crippen LogP contribution in [0.5, 0.6) is 0 Å². The second-order valence-electron chi connectivity index (χ2n) is 12.0. The molecule has 0 aliphatic carbocycles. The second-order valence-corrected chi connectivity index (χ2v) is 12.4. The van der Waals surface area contributed by atoms with Crippen molar-refractivity contribution in [2.24, 2.45) is 0 Å². The summed E-state index contributed by atoms with van der Waals surface area (Å²) >= 11 is 6.12. The first-order valence-electron chi connectivity index (χ1n) is 15.8. The summed E-state index contributed by atoms with van der Waals surface area (Å²) in [6.45, 7) is 7.49. The number of piperidine rings is 1. The molecule has 1 unspecified atom stereocenters. The average Bonchev–Trinajstić information content (AvgIpc) is 3.17. The van der Waals surface area contributed by atoms with Crippen LogP contribution in [0.15, 0.2) is 66.7 Å². The third-order valence-electron chi connectivity index (χ3n) is 8.99. The number of hydrogen-bond donors (Lipinski definition) is 2. The van der Waals surface area contributed by atoms with E-state index in [-0.39, 0.29) is 23.9 Å². The Morgan fingerprint density at radius 1 is 1.00 bits per heavy atom. The summed E-state index contributed by atoms with van der Waals surface area (Å²) in [6, 6.07) is 21.7. The molecule has 2 heterocycles. The van der Waals surface area contributed by atoms with Crippen LogP contribution < -0.4 is 10.6 Å². The van der Waals surface area contributed by atoms with Gasteiger partial charge in [-0.3, -0.25) is 9.59 Å². The Balaban J connectivity index is 1.24. The van der Waals surface area contributed by atoms with Crippen molar-refractivity contribution < 1.29 is 9.59 Å². The quantitative estimate of drug-likeness (QED) is 0.278. The third-order valence-corrected chi connectivity index (χ3v) is 9.22. The summed E-state index contributed by atoms with van der Waals surface area (Å²) in [7, 11) is 0. The van der Waals surface area contributed by atoms with E-state index in [2.05, 4.69) is 51.6 Å². The number of carbonyl (C=O) groups excluding carboxylic acids is 2. The Morgan fingerprint density at radius 2 is 1.76 bits per heavy atom. The molecule has 3 atom stereocenters. The molecule has 3 aromatic rings. The van der Waals surface area contributed by atoms with Crippen LogP contribution in [0.1, 0.15) is 73.7 Å². The summed E-state index contributed by atoms with van der Waals surface area (Å²) in [5.41, 5.74) is 1.91. The molecule has 0 radical (unpaired) electrons. The highest BCUT2D eigenvalue weighted by Gasteiger charge is 2.32. The number of amides is 2. The Kier molecular flexibility index (Phi) is 10.9. The number of nitrogens with one attached hydrogen (secondary N) is 2. The Labute approximate surface area is 255 Å². The summed E-state index contributed by atoms with van der Waals surface area (Å²) in [5, 5.41) is 9.49. The zero-order valence-corrected chi connectivity index (χ0v) is 25.6. The first kappa shape index (κ1) is 30.5. The van der Waals surface area contributed by atoms with Gasteiger partial charge in [-0.15, -0.1) is 0 Å². The van der Waals surface area contributed by atoms with Gasteiger partial charge < -0.3 is 20.4 Å². The lowest BCUT2D eigenvalue weighted by Crippen LogP contribution is -2.49. The van der Waals surface area contributed by atoms with Gasteiger partial charge in [0.1, 0.15) is 0 Å². The first-order valence-corrected chi connectivity index (χ1v) is 16.2. The fraction of sp³-hybridized carbons (Fsp3) is 0.486. The highest BCUT2D eigenvalue weighted by Crippen LogP contribution is 2.24. The molecular formula is C35H45ClN4O2. The zero-order valence-electron chi connectivity index (χ0n) is 24.9. The van der Waals surface area contributed by atoms with Crippen molar-refractivity contribution in [3.63, 3.8) is 0 Å². The van der Waals surface area contributed by atoms with Gasteiger partial charge in [0.15, 0.2) is 0 Å². The van der Waals surface area contributed by atoms with Crippen molar-refractivity contribution in [1.82, 2.24) is 20.4 Å². The predicted octanol–water partition coefficient (Wildman–Crippen LogP) is 6.24. The molecule has 2 aliphatic heterocycles. The van der Waals surface area contributed by atoms with Crippen LogP contribution in [0, 0.1) is 0 Å². The standard InChI is InChI=1S/C35H45ClN4O2/c1-2-26(27-10-5-3-6-11-27)25-40-21-17-32(38-33(35(40)42)12-9-20-39-18-7-4-8-19-39)24-37-34(41)30-14-13-29-23-31(36)16-15-28(29)22-30/h3,5-6,10-11,13-16,22-23,26,32-33,38H,2,4,7-9,12,17-21,24-25H2,1H3,(H,37,41)/t26?,32-,33-/m0/s1. The van der Waals surface area contributed by atoms with Crippen molar-refractivity contribution in [2.75, 3.05) is 39.3 Å². The van der Waals surface area contributed by atoms with Crippen molar-refractivity contribution in [3.8, 4) is 0 Å². The number of rotatable bonds is 11. The number of nitrogens with zero attached hydrogens (tertiary/aromatic N) is 2. The molecule has 6 nitrogen and oxygen atoms in total. The fourth-order valence-corrected chi connectivity index (χ4v) is 6.65. The summed E-state index contributed by atoms with van der Waals surface area (Å²) in [4.78, 5) is 31.7. The molecule has 2 fully saturated rings. The van der Waals surface area contributed by atoms with Crippen LogP contribution in [0.2, 0.25) is 5.02 Å². The minimum Gasteiger partial charge on any atom is -0.350 e. The van der Waals surface area contributed by atoms with E-state index < -0.39 is 0 Å². The number of benzene rings is 3. The number of fused-ring (bicyclic) bond motifs is 1. The van der Waals surface area contributed by atoms with Gasteiger partial charge in [-0.05, 0) is 98.8 Å². The molecule has 42 heavy (non-hydrogen) atoms. The number of carbonyl (C=O) groups is 2. The molecule has 0 bridgehead atoms. The maximum atomic E-state index is 13.9. The van der Waals surface area contributed by atoms with Gasteiger partial charge >= 0.3 is 0 Å². The minimum absolute atomic E-state index is 0.0268. The monoisotopic (exact) mass is 588 g/mol. The van der Waals surface area contributed by atoms with E-state index in [0.717, 1.165) is 49.5 Å². The van der Waals surface area contributed by atoms with Gasteiger partial charge in [0.05, 0.1) is 6.04 Å².